The lowest BCUT2D eigenvalue weighted by Crippen LogP contribution is -2.25. The van der Waals surface area contributed by atoms with Crippen LogP contribution >= 0.6 is 0 Å². The minimum atomic E-state index is -3.70. The maximum Gasteiger partial charge on any atom is 0.237 e. The fourth-order valence-electron chi connectivity index (χ4n) is 1.61. The molecule has 1 aliphatic rings. The fourth-order valence-corrected chi connectivity index (χ4v) is 4.84. The lowest BCUT2D eigenvalue weighted by Gasteiger charge is -2.06. The molecule has 18 heavy (non-hydrogen) atoms. The molecular formula is C11H13NO4S2. The first-order valence-corrected chi connectivity index (χ1v) is 8.63. The molecule has 1 N–H and O–H groups in total. The van der Waals surface area contributed by atoms with E-state index in [-0.39, 0.29) is 17.2 Å². The smallest absolute Gasteiger partial charge is 0.228 e. The molecule has 0 radical (unpaired) electrons. The Labute approximate surface area is 106 Å². The monoisotopic (exact) mass is 287 g/mol. The number of sulfonamides is 1. The molecule has 0 aromatic heterocycles. The van der Waals surface area contributed by atoms with Crippen LogP contribution in [-0.4, -0.2) is 28.3 Å². The molecule has 0 saturated heterocycles. The summed E-state index contributed by atoms with van der Waals surface area (Å²) in [4.78, 5) is -0.0570. The first-order valence-electron chi connectivity index (χ1n) is 5.32. The van der Waals surface area contributed by atoms with Crippen LogP contribution in [0.2, 0.25) is 0 Å². The molecule has 0 unspecified atom stereocenters. The van der Waals surface area contributed by atoms with E-state index in [1.54, 1.807) is 12.1 Å². The maximum atomic E-state index is 11.9. The zero-order valence-electron chi connectivity index (χ0n) is 9.53. The van der Waals surface area contributed by atoms with E-state index in [1.807, 2.05) is 18.2 Å². The van der Waals surface area contributed by atoms with E-state index in [0.29, 0.717) is 0 Å². The second-order valence-electron chi connectivity index (χ2n) is 4.04. The highest BCUT2D eigenvalue weighted by Crippen LogP contribution is 2.16. The van der Waals surface area contributed by atoms with Gasteiger partial charge >= 0.3 is 0 Å². The van der Waals surface area contributed by atoms with Gasteiger partial charge in [0.15, 0.2) is 9.84 Å². The van der Waals surface area contributed by atoms with Crippen molar-refractivity contribution in [2.45, 2.75) is 6.54 Å². The van der Waals surface area contributed by atoms with Gasteiger partial charge < -0.3 is 0 Å². The normalized spacial score (nSPS) is 18.6. The Morgan fingerprint density at radius 2 is 1.83 bits per heavy atom. The van der Waals surface area contributed by atoms with Gasteiger partial charge in [-0.3, -0.25) is 0 Å². The molecule has 5 nitrogen and oxygen atoms in total. The molecule has 98 valence electrons. The van der Waals surface area contributed by atoms with Crippen molar-refractivity contribution < 1.29 is 16.8 Å². The summed E-state index contributed by atoms with van der Waals surface area (Å²) < 4.78 is 48.5. The second kappa shape index (κ2) is 4.83. The molecule has 0 fully saturated rings. The van der Waals surface area contributed by atoms with E-state index in [4.69, 9.17) is 0 Å². The van der Waals surface area contributed by atoms with Gasteiger partial charge in [-0.1, -0.05) is 36.4 Å². The van der Waals surface area contributed by atoms with E-state index in [9.17, 15) is 16.8 Å². The standard InChI is InChI=1S/C11H13NO4S2/c13-17(14)7-6-11(9-17)18(15,16)12-8-10-4-2-1-3-5-10/h1-6,12H,7-9H2. The Hall–Kier alpha value is -1.18. The maximum absolute atomic E-state index is 11.9. The highest BCUT2D eigenvalue weighted by atomic mass is 32.2. The van der Waals surface area contributed by atoms with E-state index >= 15 is 0 Å². The molecule has 0 amide bonds. The fraction of sp³-hybridized carbons (Fsp3) is 0.273. The van der Waals surface area contributed by atoms with Crippen LogP contribution in [0.3, 0.4) is 0 Å². The quantitative estimate of drug-likeness (QED) is 0.870. The number of hydrogen-bond acceptors (Lipinski definition) is 4. The second-order valence-corrected chi connectivity index (χ2v) is 7.96. The molecule has 7 heteroatoms. The molecule has 1 aromatic rings. The summed E-state index contributed by atoms with van der Waals surface area (Å²) in [7, 11) is -6.97. The number of benzene rings is 1. The molecule has 1 aromatic carbocycles. The lowest BCUT2D eigenvalue weighted by molar-refractivity contribution is 0.586. The van der Waals surface area contributed by atoms with Crippen LogP contribution in [0.25, 0.3) is 0 Å². The summed E-state index contributed by atoms with van der Waals surface area (Å²) >= 11 is 0. The first kappa shape index (κ1) is 13.3. The zero-order valence-corrected chi connectivity index (χ0v) is 11.2. The van der Waals surface area contributed by atoms with Gasteiger partial charge in [-0.25, -0.2) is 21.6 Å². The van der Waals surface area contributed by atoms with Crippen molar-refractivity contribution in [1.29, 1.82) is 0 Å². The third kappa shape index (κ3) is 3.18. The van der Waals surface area contributed by atoms with E-state index < -0.39 is 25.6 Å². The summed E-state index contributed by atoms with van der Waals surface area (Å²) in [6, 6.07) is 9.04. The molecule has 0 atom stereocenters. The summed E-state index contributed by atoms with van der Waals surface area (Å²) in [5.74, 6) is -0.605. The van der Waals surface area contributed by atoms with E-state index in [1.165, 1.54) is 6.08 Å². The Balaban J connectivity index is 2.06. The molecule has 0 aliphatic carbocycles. The summed E-state index contributed by atoms with van der Waals surface area (Å²) in [5.41, 5.74) is 0.822. The predicted octanol–water partition coefficient (Wildman–Crippen LogP) is 0.418. The Morgan fingerprint density at radius 3 is 2.39 bits per heavy atom. The van der Waals surface area contributed by atoms with Crippen molar-refractivity contribution in [2.75, 3.05) is 11.5 Å². The van der Waals surface area contributed by atoms with Crippen molar-refractivity contribution >= 4 is 19.9 Å². The zero-order chi connectivity index (χ0) is 13.2. The van der Waals surface area contributed by atoms with Crippen LogP contribution in [-0.2, 0) is 26.4 Å². The largest absolute Gasteiger partial charge is 0.237 e. The summed E-state index contributed by atoms with van der Waals surface area (Å²) in [6.45, 7) is 0.153. The van der Waals surface area contributed by atoms with Gasteiger partial charge in [0.2, 0.25) is 10.0 Å². The molecule has 0 spiro atoms. The van der Waals surface area contributed by atoms with E-state index in [0.717, 1.165) is 5.56 Å². The Bertz CT molecular complexity index is 660. The van der Waals surface area contributed by atoms with Gasteiger partial charge in [0.25, 0.3) is 0 Å². The first-order chi connectivity index (χ1) is 8.39. The van der Waals surface area contributed by atoms with Gasteiger partial charge in [0.1, 0.15) is 0 Å². The van der Waals surface area contributed by atoms with Gasteiger partial charge in [0.05, 0.1) is 16.4 Å². The van der Waals surface area contributed by atoms with Crippen molar-refractivity contribution in [2.24, 2.45) is 0 Å². The van der Waals surface area contributed by atoms with Crippen LogP contribution in [0, 0.1) is 0 Å². The van der Waals surface area contributed by atoms with Crippen molar-refractivity contribution in [3.63, 3.8) is 0 Å². The van der Waals surface area contributed by atoms with Crippen LogP contribution in [0.4, 0.5) is 0 Å². The van der Waals surface area contributed by atoms with Gasteiger partial charge in [0, 0.05) is 6.54 Å². The van der Waals surface area contributed by atoms with Crippen LogP contribution in [0.5, 0.6) is 0 Å². The van der Waals surface area contributed by atoms with Crippen LogP contribution < -0.4 is 4.72 Å². The molecule has 2 rings (SSSR count). The lowest BCUT2D eigenvalue weighted by atomic mass is 10.2. The average Bonchev–Trinajstić information content (AvgIpc) is 2.69. The Kier molecular flexibility index (Phi) is 3.56. The third-order valence-corrected chi connectivity index (χ3v) is 5.72. The van der Waals surface area contributed by atoms with E-state index in [2.05, 4.69) is 4.72 Å². The minimum Gasteiger partial charge on any atom is -0.228 e. The van der Waals surface area contributed by atoms with Crippen molar-refractivity contribution in [3.05, 3.63) is 46.9 Å². The van der Waals surface area contributed by atoms with Gasteiger partial charge in [-0.2, -0.15) is 0 Å². The topological polar surface area (TPSA) is 80.3 Å². The number of hydrogen-bond donors (Lipinski definition) is 1. The molecule has 1 aliphatic heterocycles. The number of rotatable bonds is 4. The van der Waals surface area contributed by atoms with Crippen molar-refractivity contribution in [1.82, 2.24) is 4.72 Å². The molecular weight excluding hydrogens is 274 g/mol. The van der Waals surface area contributed by atoms with Crippen LogP contribution in [0.15, 0.2) is 41.3 Å². The average molecular weight is 287 g/mol. The summed E-state index contributed by atoms with van der Waals surface area (Å²) in [6.07, 6.45) is 1.25. The highest BCUT2D eigenvalue weighted by molar-refractivity contribution is 7.97. The number of nitrogens with one attached hydrogen (secondary N) is 1. The van der Waals surface area contributed by atoms with Gasteiger partial charge in [-0.05, 0) is 5.56 Å². The SMILES string of the molecule is O=S1(=O)CC=C(S(=O)(=O)NCc2ccccc2)C1. The number of sulfone groups is 1. The molecule has 0 bridgehead atoms. The van der Waals surface area contributed by atoms with Crippen LogP contribution in [0.1, 0.15) is 5.56 Å². The molecule has 0 saturated carbocycles. The molecule has 1 heterocycles. The predicted molar refractivity (Wildman–Crippen MR) is 68.9 cm³/mol. The third-order valence-electron chi connectivity index (χ3n) is 2.58. The van der Waals surface area contributed by atoms with Crippen molar-refractivity contribution in [3.8, 4) is 0 Å². The summed E-state index contributed by atoms with van der Waals surface area (Å²) in [5, 5.41) is 0. The highest BCUT2D eigenvalue weighted by Gasteiger charge is 2.28. The minimum absolute atomic E-state index is 0.0570. The van der Waals surface area contributed by atoms with Gasteiger partial charge in [-0.15, -0.1) is 0 Å². The Morgan fingerprint density at radius 1 is 1.17 bits per heavy atom.